The second-order valence-corrected chi connectivity index (χ2v) is 7.61. The summed E-state index contributed by atoms with van der Waals surface area (Å²) in [6.07, 6.45) is 4.08. The summed E-state index contributed by atoms with van der Waals surface area (Å²) in [5.41, 5.74) is 6.73. The number of halogens is 2. The first-order chi connectivity index (χ1) is 13.6. The van der Waals surface area contributed by atoms with Gasteiger partial charge in [-0.3, -0.25) is 4.99 Å². The summed E-state index contributed by atoms with van der Waals surface area (Å²) >= 11 is 12.1. The van der Waals surface area contributed by atoms with E-state index in [4.69, 9.17) is 28.2 Å². The van der Waals surface area contributed by atoms with Gasteiger partial charge in [0.05, 0.1) is 22.3 Å². The quantitative estimate of drug-likeness (QED) is 0.477. The number of rotatable bonds is 3. The number of likely N-dealkylation sites (N-methyl/N-ethyl adjacent to an activating group) is 1. The zero-order chi connectivity index (χ0) is 19.5. The lowest BCUT2D eigenvalue weighted by atomic mass is 9.99. The molecule has 1 aliphatic rings. The van der Waals surface area contributed by atoms with Crippen molar-refractivity contribution < 1.29 is 0 Å². The number of fused-ring (bicyclic) bond motifs is 1. The fourth-order valence-corrected chi connectivity index (χ4v) is 3.64. The van der Waals surface area contributed by atoms with Gasteiger partial charge in [0.1, 0.15) is 0 Å². The second kappa shape index (κ2) is 8.22. The maximum absolute atomic E-state index is 6.13. The van der Waals surface area contributed by atoms with Gasteiger partial charge in [0.25, 0.3) is 0 Å². The molecule has 0 radical (unpaired) electrons. The van der Waals surface area contributed by atoms with Crippen molar-refractivity contribution in [2.75, 3.05) is 25.0 Å². The van der Waals surface area contributed by atoms with Crippen molar-refractivity contribution in [3.05, 3.63) is 94.0 Å². The highest BCUT2D eigenvalue weighted by molar-refractivity contribution is 6.42. The number of aliphatic imine (C=N–C) groups is 1. The predicted molar refractivity (Wildman–Crippen MR) is 122 cm³/mol. The number of hydrogen-bond donors (Lipinski definition) is 0. The maximum Gasteiger partial charge on any atom is 0.0668 e. The minimum Gasteiger partial charge on any atom is -0.372 e. The van der Waals surface area contributed by atoms with Crippen molar-refractivity contribution >= 4 is 40.7 Å². The third-order valence-corrected chi connectivity index (χ3v) is 5.63. The number of benzodiazepines with no additional fused rings is 1. The average Bonchev–Trinajstić information content (AvgIpc) is 2.88. The van der Waals surface area contributed by atoms with Gasteiger partial charge in [0.15, 0.2) is 0 Å². The minimum absolute atomic E-state index is 0.555. The topological polar surface area (TPSA) is 15.6 Å². The Morgan fingerprint density at radius 2 is 1.68 bits per heavy atom. The molecule has 28 heavy (non-hydrogen) atoms. The van der Waals surface area contributed by atoms with Crippen molar-refractivity contribution in [1.82, 2.24) is 0 Å². The van der Waals surface area contributed by atoms with Crippen LogP contribution in [0.3, 0.4) is 0 Å². The second-order valence-electron chi connectivity index (χ2n) is 6.79. The predicted octanol–water partition coefficient (Wildman–Crippen LogP) is 6.61. The lowest BCUT2D eigenvalue weighted by Crippen LogP contribution is -2.20. The van der Waals surface area contributed by atoms with Crippen molar-refractivity contribution in [3.8, 4) is 11.1 Å². The number of allylic oxidation sites excluding steroid dienone is 1. The van der Waals surface area contributed by atoms with Crippen LogP contribution in [-0.4, -0.2) is 25.8 Å². The number of benzene rings is 3. The van der Waals surface area contributed by atoms with Crippen LogP contribution in [0.5, 0.6) is 0 Å². The van der Waals surface area contributed by atoms with Crippen LogP contribution in [0.4, 0.5) is 5.69 Å². The monoisotopic (exact) mass is 406 g/mol. The molecule has 0 aromatic heterocycles. The third-order valence-electron chi connectivity index (χ3n) is 4.89. The normalized spacial score (nSPS) is 14.0. The van der Waals surface area contributed by atoms with E-state index in [9.17, 15) is 0 Å². The van der Waals surface area contributed by atoms with Crippen LogP contribution >= 0.6 is 23.2 Å². The molecule has 4 rings (SSSR count). The third kappa shape index (κ3) is 3.99. The van der Waals surface area contributed by atoms with E-state index in [0.29, 0.717) is 10.0 Å². The molecular weight excluding hydrogens is 387 g/mol. The van der Waals surface area contributed by atoms with Gasteiger partial charge in [-0.2, -0.15) is 0 Å². The van der Waals surface area contributed by atoms with Crippen LogP contribution < -0.4 is 4.90 Å². The summed E-state index contributed by atoms with van der Waals surface area (Å²) in [6.45, 7) is 1.64. The zero-order valence-corrected chi connectivity index (χ0v) is 17.1. The Morgan fingerprint density at radius 1 is 0.857 bits per heavy atom. The van der Waals surface area contributed by atoms with Crippen molar-refractivity contribution in [2.24, 2.45) is 4.99 Å². The first kappa shape index (κ1) is 18.8. The Morgan fingerprint density at radius 3 is 2.46 bits per heavy atom. The molecule has 0 unspecified atom stereocenters. The Kier molecular flexibility index (Phi) is 5.52. The first-order valence-electron chi connectivity index (χ1n) is 9.20. The van der Waals surface area contributed by atoms with Crippen molar-refractivity contribution in [1.29, 1.82) is 0 Å². The Balaban J connectivity index is 1.70. The molecule has 0 amide bonds. The standard InChI is InChI=1S/C24H20Cl2N2/c1-28-14-13-27-23(12-8-17-7-11-21(25)22(26)15-17)20-10-9-19(16-24(20)28)18-5-3-2-4-6-18/h2-12,15-16H,13-14H2,1H3. The van der Waals surface area contributed by atoms with Crippen molar-refractivity contribution in [2.45, 2.75) is 0 Å². The minimum atomic E-state index is 0.555. The molecule has 4 heteroatoms. The molecule has 0 fully saturated rings. The van der Waals surface area contributed by atoms with Gasteiger partial charge in [-0.1, -0.05) is 77.8 Å². The fourth-order valence-electron chi connectivity index (χ4n) is 3.33. The van der Waals surface area contributed by atoms with Gasteiger partial charge in [0.2, 0.25) is 0 Å². The van der Waals surface area contributed by atoms with Crippen LogP contribution in [0.2, 0.25) is 10.0 Å². The largest absolute Gasteiger partial charge is 0.372 e. The van der Waals surface area contributed by atoms with Crippen LogP contribution in [0.15, 0.2) is 77.8 Å². The molecule has 0 N–H and O–H groups in total. The van der Waals surface area contributed by atoms with Crippen LogP contribution in [0.25, 0.3) is 17.2 Å². The highest BCUT2D eigenvalue weighted by Crippen LogP contribution is 2.30. The molecule has 0 saturated heterocycles. The number of anilines is 1. The van der Waals surface area contributed by atoms with E-state index in [2.05, 4.69) is 60.5 Å². The van der Waals surface area contributed by atoms with E-state index >= 15 is 0 Å². The van der Waals surface area contributed by atoms with Gasteiger partial charge < -0.3 is 4.90 Å². The van der Waals surface area contributed by atoms with Gasteiger partial charge in [0, 0.05) is 24.8 Å². The van der Waals surface area contributed by atoms with Crippen LogP contribution in [-0.2, 0) is 0 Å². The van der Waals surface area contributed by atoms with Gasteiger partial charge in [-0.15, -0.1) is 0 Å². The Bertz CT molecular complexity index is 1060. The first-order valence-corrected chi connectivity index (χ1v) is 9.96. The summed E-state index contributed by atoms with van der Waals surface area (Å²) in [7, 11) is 2.12. The molecular formula is C24H20Cl2N2. The van der Waals surface area contributed by atoms with E-state index < -0.39 is 0 Å². The molecule has 3 aromatic carbocycles. The maximum atomic E-state index is 6.13. The van der Waals surface area contributed by atoms with E-state index in [0.717, 1.165) is 29.9 Å². The van der Waals surface area contributed by atoms with Crippen molar-refractivity contribution in [3.63, 3.8) is 0 Å². The summed E-state index contributed by atoms with van der Waals surface area (Å²) in [6, 6.07) is 22.6. The van der Waals surface area contributed by atoms with E-state index in [1.807, 2.05) is 30.3 Å². The van der Waals surface area contributed by atoms with Gasteiger partial charge in [-0.05, 0) is 41.0 Å². The molecule has 0 atom stereocenters. The zero-order valence-electron chi connectivity index (χ0n) is 15.6. The molecule has 0 saturated carbocycles. The molecule has 1 aliphatic heterocycles. The molecule has 3 aromatic rings. The molecule has 140 valence electrons. The molecule has 2 nitrogen and oxygen atoms in total. The smallest absolute Gasteiger partial charge is 0.0668 e. The van der Waals surface area contributed by atoms with Gasteiger partial charge in [-0.25, -0.2) is 0 Å². The number of nitrogens with zero attached hydrogens (tertiary/aromatic N) is 2. The fraction of sp³-hybridized carbons (Fsp3) is 0.125. The summed E-state index contributed by atoms with van der Waals surface area (Å²) in [4.78, 5) is 7.07. The van der Waals surface area contributed by atoms with E-state index in [1.165, 1.54) is 16.8 Å². The van der Waals surface area contributed by atoms with Crippen LogP contribution in [0.1, 0.15) is 11.1 Å². The molecule has 0 bridgehead atoms. The summed E-state index contributed by atoms with van der Waals surface area (Å²) < 4.78 is 0. The summed E-state index contributed by atoms with van der Waals surface area (Å²) in [5, 5.41) is 1.12. The average molecular weight is 407 g/mol. The Labute approximate surface area is 175 Å². The highest BCUT2D eigenvalue weighted by atomic mass is 35.5. The lowest BCUT2D eigenvalue weighted by Gasteiger charge is -2.20. The summed E-state index contributed by atoms with van der Waals surface area (Å²) in [5.74, 6) is 0. The van der Waals surface area contributed by atoms with E-state index in [1.54, 1.807) is 0 Å². The lowest BCUT2D eigenvalue weighted by molar-refractivity contribution is 0.897. The SMILES string of the molecule is CN1CCN=C(C=Cc2ccc(Cl)c(Cl)c2)c2ccc(-c3ccccc3)cc21. The number of hydrogen-bond acceptors (Lipinski definition) is 2. The highest BCUT2D eigenvalue weighted by Gasteiger charge is 2.15. The van der Waals surface area contributed by atoms with E-state index in [-0.39, 0.29) is 0 Å². The molecule has 0 aliphatic carbocycles. The van der Waals surface area contributed by atoms with Gasteiger partial charge >= 0.3 is 0 Å². The van der Waals surface area contributed by atoms with Crippen LogP contribution in [0, 0.1) is 0 Å². The molecule has 1 heterocycles. The molecule has 0 spiro atoms. The Hall–Kier alpha value is -2.55.